The van der Waals surface area contributed by atoms with E-state index >= 15 is 0 Å². The summed E-state index contributed by atoms with van der Waals surface area (Å²) in [7, 11) is 1.67. The van der Waals surface area contributed by atoms with Gasteiger partial charge in [-0.1, -0.05) is 14.9 Å². The molecule has 0 radical (unpaired) electrons. The van der Waals surface area contributed by atoms with Crippen molar-refractivity contribution in [1.82, 2.24) is 0 Å². The van der Waals surface area contributed by atoms with Crippen molar-refractivity contribution in [2.75, 3.05) is 14.2 Å². The molecule has 72 valence electrons. The van der Waals surface area contributed by atoms with Gasteiger partial charge in [-0.2, -0.15) is 0 Å². The fourth-order valence-electron chi connectivity index (χ4n) is 0.500. The Hall–Kier alpha value is 0.491. The first-order valence-electron chi connectivity index (χ1n) is 2.45. The molecule has 0 rings (SSSR count). The maximum atomic E-state index is 5.03. The molecular formula is C4H20O4Si3. The summed E-state index contributed by atoms with van der Waals surface area (Å²) in [6.07, 6.45) is 0. The van der Waals surface area contributed by atoms with Gasteiger partial charge in [0, 0.05) is 14.2 Å². The molecule has 0 atom stereocenters. The van der Waals surface area contributed by atoms with E-state index in [0.29, 0.717) is 21.0 Å². The van der Waals surface area contributed by atoms with E-state index < -0.39 is 9.05 Å². The van der Waals surface area contributed by atoms with E-state index in [1.54, 1.807) is 0 Å². The maximum absolute atomic E-state index is 5.03. The Balaban J connectivity index is -0.000000320. The van der Waals surface area contributed by atoms with Crippen molar-refractivity contribution in [2.45, 2.75) is 14.9 Å². The minimum absolute atomic E-state index is 0. The zero-order valence-corrected chi connectivity index (χ0v) is 11.1. The molecule has 0 N–H and O–H groups in total. The second-order valence-corrected chi connectivity index (χ2v) is 6.40. The van der Waals surface area contributed by atoms with Crippen LogP contribution in [0.2, 0.25) is 0 Å². The predicted octanol–water partition coefficient (Wildman–Crippen LogP) is -1.42. The number of rotatable bonds is 4. The minimum atomic E-state index is -2.57. The van der Waals surface area contributed by atoms with Gasteiger partial charge in [0.15, 0.2) is 0 Å². The second-order valence-electron chi connectivity index (χ2n) is 1.32. The molecule has 0 unspecified atom stereocenters. The fourth-order valence-corrected chi connectivity index (χ4v) is 5.50. The second kappa shape index (κ2) is 8.59. The highest BCUT2D eigenvalue weighted by molar-refractivity contribution is 6.60. The summed E-state index contributed by atoms with van der Waals surface area (Å²) in [5.74, 6) is 0. The van der Waals surface area contributed by atoms with Crippen LogP contribution in [0, 0.1) is 0 Å². The van der Waals surface area contributed by atoms with Crippen LogP contribution in [0.3, 0.4) is 0 Å². The first-order chi connectivity index (χ1) is 4.24. The Bertz CT molecular complexity index is 60.2. The van der Waals surface area contributed by atoms with E-state index in [1.165, 1.54) is 14.2 Å². The van der Waals surface area contributed by atoms with E-state index in [2.05, 4.69) is 0 Å². The lowest BCUT2D eigenvalue weighted by Gasteiger charge is -2.21. The molecule has 11 heavy (non-hydrogen) atoms. The van der Waals surface area contributed by atoms with E-state index in [1.807, 2.05) is 0 Å². The Morgan fingerprint density at radius 2 is 1.18 bits per heavy atom. The Morgan fingerprint density at radius 1 is 0.909 bits per heavy atom. The van der Waals surface area contributed by atoms with Crippen LogP contribution in [0.15, 0.2) is 0 Å². The van der Waals surface area contributed by atoms with Crippen LogP contribution in [0.5, 0.6) is 0 Å². The molecular weight excluding hydrogens is 196 g/mol. The van der Waals surface area contributed by atoms with E-state index in [-0.39, 0.29) is 14.9 Å². The van der Waals surface area contributed by atoms with Crippen LogP contribution in [0.25, 0.3) is 0 Å². The normalized spacial score (nSPS) is 10.4. The van der Waals surface area contributed by atoms with E-state index in [4.69, 9.17) is 17.1 Å². The Morgan fingerprint density at radius 3 is 1.18 bits per heavy atom. The SMILES string of the molecule is C.C.CO[Si](OC)(O[SiH3])O[SiH3]. The lowest BCUT2D eigenvalue weighted by atomic mass is 11.8. The van der Waals surface area contributed by atoms with Gasteiger partial charge >= 0.3 is 9.05 Å². The van der Waals surface area contributed by atoms with Crippen molar-refractivity contribution >= 4 is 30.0 Å². The van der Waals surface area contributed by atoms with Gasteiger partial charge in [0.2, 0.25) is 0 Å². The molecule has 0 saturated heterocycles. The molecule has 0 spiro atoms. The first-order valence-corrected chi connectivity index (χ1v) is 5.72. The smallest absolute Gasteiger partial charge is 0.403 e. The molecule has 0 fully saturated rings. The zero-order valence-electron chi connectivity index (χ0n) is 6.13. The average molecular weight is 216 g/mol. The van der Waals surface area contributed by atoms with Gasteiger partial charge in [-0.15, -0.1) is 0 Å². The summed E-state index contributed by atoms with van der Waals surface area (Å²) >= 11 is 0. The number of hydrogen-bond acceptors (Lipinski definition) is 4. The van der Waals surface area contributed by atoms with Gasteiger partial charge in [0.05, 0.1) is 0 Å². The Labute approximate surface area is 76.8 Å². The van der Waals surface area contributed by atoms with Crippen molar-refractivity contribution in [3.05, 3.63) is 0 Å². The summed E-state index contributed by atoms with van der Waals surface area (Å²) in [6, 6.07) is 0. The van der Waals surface area contributed by atoms with Gasteiger partial charge in [0.1, 0.15) is 21.0 Å². The lowest BCUT2D eigenvalue weighted by Crippen LogP contribution is -2.46. The van der Waals surface area contributed by atoms with Crippen molar-refractivity contribution in [1.29, 1.82) is 0 Å². The largest absolute Gasteiger partial charge is 0.656 e. The minimum Gasteiger partial charge on any atom is -0.403 e. The van der Waals surface area contributed by atoms with Gasteiger partial charge in [0.25, 0.3) is 0 Å². The standard InChI is InChI=1S/C2H12O4Si3.2CH4/c1-3-9(4-2,5-7)6-8;;/h1-2,7-8H3;2*1H4. The third kappa shape index (κ3) is 4.85. The topological polar surface area (TPSA) is 36.9 Å². The van der Waals surface area contributed by atoms with Crippen molar-refractivity contribution < 1.29 is 17.1 Å². The van der Waals surface area contributed by atoms with Crippen molar-refractivity contribution in [3.8, 4) is 0 Å². The van der Waals surface area contributed by atoms with E-state index in [0.717, 1.165) is 0 Å². The Kier molecular flexibility index (Phi) is 13.7. The quantitative estimate of drug-likeness (QED) is 0.541. The van der Waals surface area contributed by atoms with Gasteiger partial charge in [-0.3, -0.25) is 0 Å². The first kappa shape index (κ1) is 17.5. The van der Waals surface area contributed by atoms with Gasteiger partial charge in [-0.05, 0) is 0 Å². The molecule has 0 saturated carbocycles. The highest BCUT2D eigenvalue weighted by atomic mass is 28.5. The highest BCUT2D eigenvalue weighted by Crippen LogP contribution is 2.03. The van der Waals surface area contributed by atoms with Crippen LogP contribution in [0.4, 0.5) is 0 Å². The molecule has 0 aliphatic carbocycles. The molecule has 0 amide bonds. The van der Waals surface area contributed by atoms with Crippen molar-refractivity contribution in [3.63, 3.8) is 0 Å². The molecule has 0 aromatic rings. The number of hydrogen-bond donors (Lipinski definition) is 0. The van der Waals surface area contributed by atoms with Crippen LogP contribution < -0.4 is 0 Å². The molecule has 0 aromatic carbocycles. The summed E-state index contributed by atoms with van der Waals surface area (Å²) in [5, 5.41) is 0. The van der Waals surface area contributed by atoms with E-state index in [9.17, 15) is 0 Å². The summed E-state index contributed by atoms with van der Waals surface area (Å²) in [4.78, 5) is 0. The summed E-state index contributed by atoms with van der Waals surface area (Å²) < 4.78 is 19.9. The third-order valence-corrected chi connectivity index (χ3v) is 6.00. The van der Waals surface area contributed by atoms with Crippen LogP contribution in [-0.4, -0.2) is 44.2 Å². The maximum Gasteiger partial charge on any atom is 0.656 e. The van der Waals surface area contributed by atoms with Gasteiger partial charge < -0.3 is 17.1 Å². The van der Waals surface area contributed by atoms with Crippen LogP contribution in [0.1, 0.15) is 14.9 Å². The molecule has 0 aliphatic rings. The molecule has 7 heteroatoms. The van der Waals surface area contributed by atoms with Crippen LogP contribution in [-0.2, 0) is 17.1 Å². The van der Waals surface area contributed by atoms with Crippen LogP contribution >= 0.6 is 0 Å². The fraction of sp³-hybridized carbons (Fsp3) is 1.00. The summed E-state index contributed by atoms with van der Waals surface area (Å²) in [6.45, 7) is 0. The third-order valence-electron chi connectivity index (χ3n) is 1.00. The summed E-state index contributed by atoms with van der Waals surface area (Å²) in [5.41, 5.74) is 0. The molecule has 4 nitrogen and oxygen atoms in total. The average Bonchev–Trinajstić information content (AvgIpc) is 1.95. The predicted molar refractivity (Wildman–Crippen MR) is 55.3 cm³/mol. The lowest BCUT2D eigenvalue weighted by molar-refractivity contribution is 0.0907. The monoisotopic (exact) mass is 216 g/mol. The molecule has 0 aromatic heterocycles. The van der Waals surface area contributed by atoms with Crippen molar-refractivity contribution in [2.24, 2.45) is 0 Å². The molecule has 0 heterocycles. The zero-order chi connectivity index (χ0) is 7.33. The molecule has 0 bridgehead atoms. The molecule has 0 aliphatic heterocycles. The van der Waals surface area contributed by atoms with Gasteiger partial charge in [-0.25, -0.2) is 0 Å². The highest BCUT2D eigenvalue weighted by Gasteiger charge is 2.38.